The van der Waals surface area contributed by atoms with Crippen LogP contribution in [-0.4, -0.2) is 13.1 Å². The van der Waals surface area contributed by atoms with Crippen LogP contribution < -0.4 is 5.73 Å². The Bertz CT molecular complexity index is 579. The van der Waals surface area contributed by atoms with Crippen LogP contribution in [0.1, 0.15) is 10.4 Å². The summed E-state index contributed by atoms with van der Waals surface area (Å²) in [6.45, 7) is 0. The van der Waals surface area contributed by atoms with Crippen molar-refractivity contribution in [3.05, 3.63) is 53.1 Å². The molecule has 0 saturated heterocycles. The number of esters is 1. The number of methoxy groups -OCH3 is 1. The molecule has 92 valence electrons. The van der Waals surface area contributed by atoms with Crippen LogP contribution in [-0.2, 0) is 4.74 Å². The topological polar surface area (TPSA) is 52.3 Å². The second kappa shape index (κ2) is 5.10. The molecular weight excluding hydrogens is 250 g/mol. The molecule has 0 amide bonds. The summed E-state index contributed by atoms with van der Waals surface area (Å²) in [6, 6.07) is 12.3. The first-order chi connectivity index (χ1) is 8.61. The number of carbonyl (C=O) groups excluding carboxylic acids is 1. The maximum absolute atomic E-state index is 11.3. The van der Waals surface area contributed by atoms with Crippen LogP contribution in [0.2, 0.25) is 5.02 Å². The van der Waals surface area contributed by atoms with E-state index in [-0.39, 0.29) is 5.97 Å². The lowest BCUT2D eigenvalue weighted by Gasteiger charge is -2.07. The van der Waals surface area contributed by atoms with Crippen molar-refractivity contribution in [1.82, 2.24) is 0 Å². The predicted octanol–water partition coefficient (Wildman–Crippen LogP) is 3.38. The molecule has 0 unspecified atom stereocenters. The molecule has 0 fully saturated rings. The molecule has 0 aliphatic carbocycles. The fourth-order valence-corrected chi connectivity index (χ4v) is 1.85. The number of rotatable bonds is 2. The first-order valence-corrected chi connectivity index (χ1v) is 5.73. The Labute approximate surface area is 110 Å². The van der Waals surface area contributed by atoms with Gasteiger partial charge in [-0.05, 0) is 35.9 Å². The van der Waals surface area contributed by atoms with E-state index in [2.05, 4.69) is 4.74 Å². The van der Waals surface area contributed by atoms with E-state index in [1.807, 2.05) is 12.1 Å². The van der Waals surface area contributed by atoms with E-state index in [4.69, 9.17) is 17.3 Å². The highest BCUT2D eigenvalue weighted by atomic mass is 35.5. The number of nitrogens with two attached hydrogens (primary N) is 1. The van der Waals surface area contributed by atoms with E-state index in [0.29, 0.717) is 16.3 Å². The van der Waals surface area contributed by atoms with Crippen LogP contribution in [0, 0.1) is 0 Å². The standard InChI is InChI=1S/C14H12ClNO2/c1-18-14(17)10-4-2-9(3-5-10)12-8-11(15)6-7-13(12)16/h2-8H,16H2,1H3. The quantitative estimate of drug-likeness (QED) is 0.666. The molecule has 2 aromatic rings. The highest BCUT2D eigenvalue weighted by molar-refractivity contribution is 6.31. The molecule has 0 atom stereocenters. The van der Waals surface area contributed by atoms with E-state index in [0.717, 1.165) is 11.1 Å². The fraction of sp³-hybridized carbons (Fsp3) is 0.0714. The third-order valence-electron chi connectivity index (χ3n) is 2.63. The second-order valence-electron chi connectivity index (χ2n) is 3.80. The van der Waals surface area contributed by atoms with Gasteiger partial charge >= 0.3 is 5.97 Å². The summed E-state index contributed by atoms with van der Waals surface area (Å²) < 4.78 is 4.64. The zero-order valence-corrected chi connectivity index (χ0v) is 10.6. The number of nitrogen functional groups attached to an aromatic ring is 1. The van der Waals surface area contributed by atoms with Crippen LogP contribution in [0.4, 0.5) is 5.69 Å². The molecule has 2 N–H and O–H groups in total. The Balaban J connectivity index is 2.40. The number of ether oxygens (including phenoxy) is 1. The maximum atomic E-state index is 11.3. The van der Waals surface area contributed by atoms with E-state index in [1.54, 1.807) is 30.3 Å². The van der Waals surface area contributed by atoms with Crippen molar-refractivity contribution in [3.63, 3.8) is 0 Å². The zero-order valence-electron chi connectivity index (χ0n) is 9.81. The molecule has 0 heterocycles. The smallest absolute Gasteiger partial charge is 0.337 e. The number of hydrogen-bond acceptors (Lipinski definition) is 3. The summed E-state index contributed by atoms with van der Waals surface area (Å²) in [5.74, 6) is -0.361. The first-order valence-electron chi connectivity index (χ1n) is 5.35. The van der Waals surface area contributed by atoms with Gasteiger partial charge in [0.15, 0.2) is 0 Å². The van der Waals surface area contributed by atoms with Gasteiger partial charge in [0.25, 0.3) is 0 Å². The Hall–Kier alpha value is -2.00. The molecule has 3 nitrogen and oxygen atoms in total. The third-order valence-corrected chi connectivity index (χ3v) is 2.87. The number of benzene rings is 2. The van der Waals surface area contributed by atoms with Gasteiger partial charge in [0.05, 0.1) is 12.7 Å². The highest BCUT2D eigenvalue weighted by Gasteiger charge is 2.07. The summed E-state index contributed by atoms with van der Waals surface area (Å²) >= 11 is 5.94. The molecule has 4 heteroatoms. The van der Waals surface area contributed by atoms with Crippen molar-refractivity contribution >= 4 is 23.3 Å². The minimum Gasteiger partial charge on any atom is -0.465 e. The second-order valence-corrected chi connectivity index (χ2v) is 4.24. The number of halogens is 1. The largest absolute Gasteiger partial charge is 0.465 e. The van der Waals surface area contributed by atoms with Crippen LogP contribution in [0.5, 0.6) is 0 Å². The number of carbonyl (C=O) groups is 1. The molecule has 0 aromatic heterocycles. The molecule has 0 bridgehead atoms. The number of anilines is 1. The van der Waals surface area contributed by atoms with E-state index in [9.17, 15) is 4.79 Å². The monoisotopic (exact) mass is 261 g/mol. The third kappa shape index (κ3) is 2.46. The van der Waals surface area contributed by atoms with Gasteiger partial charge in [-0.3, -0.25) is 0 Å². The van der Waals surface area contributed by atoms with Gasteiger partial charge in [-0.2, -0.15) is 0 Å². The van der Waals surface area contributed by atoms with Gasteiger partial charge in [0.1, 0.15) is 0 Å². The summed E-state index contributed by atoms with van der Waals surface area (Å²) in [6.07, 6.45) is 0. The predicted molar refractivity (Wildman–Crippen MR) is 72.6 cm³/mol. The molecule has 2 aromatic carbocycles. The molecule has 0 saturated carbocycles. The Kier molecular flexibility index (Phi) is 3.53. The number of hydrogen-bond donors (Lipinski definition) is 1. The van der Waals surface area contributed by atoms with Crippen molar-refractivity contribution in [2.45, 2.75) is 0 Å². The first kappa shape index (κ1) is 12.5. The van der Waals surface area contributed by atoms with Crippen molar-refractivity contribution in [1.29, 1.82) is 0 Å². The van der Waals surface area contributed by atoms with Crippen molar-refractivity contribution in [2.24, 2.45) is 0 Å². The summed E-state index contributed by atoms with van der Waals surface area (Å²) in [5, 5.41) is 0.622. The van der Waals surface area contributed by atoms with Crippen LogP contribution >= 0.6 is 11.6 Å². The summed E-state index contributed by atoms with van der Waals surface area (Å²) in [7, 11) is 1.35. The van der Waals surface area contributed by atoms with Crippen molar-refractivity contribution in [3.8, 4) is 11.1 Å². The van der Waals surface area contributed by atoms with E-state index >= 15 is 0 Å². The summed E-state index contributed by atoms with van der Waals surface area (Å²) in [4.78, 5) is 11.3. The lowest BCUT2D eigenvalue weighted by molar-refractivity contribution is 0.0601. The zero-order chi connectivity index (χ0) is 13.1. The average molecular weight is 262 g/mol. The van der Waals surface area contributed by atoms with Gasteiger partial charge in [-0.1, -0.05) is 23.7 Å². The highest BCUT2D eigenvalue weighted by Crippen LogP contribution is 2.28. The minimum absolute atomic E-state index is 0.361. The normalized spacial score (nSPS) is 10.1. The summed E-state index contributed by atoms with van der Waals surface area (Å²) in [5.41, 5.74) is 8.79. The Morgan fingerprint density at radius 1 is 1.17 bits per heavy atom. The lowest BCUT2D eigenvalue weighted by atomic mass is 10.0. The van der Waals surface area contributed by atoms with Crippen molar-refractivity contribution in [2.75, 3.05) is 12.8 Å². The van der Waals surface area contributed by atoms with Gasteiger partial charge in [0, 0.05) is 16.3 Å². The SMILES string of the molecule is COC(=O)c1ccc(-c2cc(Cl)ccc2N)cc1. The molecule has 0 aliphatic rings. The minimum atomic E-state index is -0.361. The molecular formula is C14H12ClNO2. The van der Waals surface area contributed by atoms with E-state index in [1.165, 1.54) is 7.11 Å². The van der Waals surface area contributed by atoms with Crippen LogP contribution in [0.3, 0.4) is 0 Å². The Morgan fingerprint density at radius 3 is 2.44 bits per heavy atom. The van der Waals surface area contributed by atoms with Gasteiger partial charge < -0.3 is 10.5 Å². The van der Waals surface area contributed by atoms with E-state index < -0.39 is 0 Å². The molecule has 0 spiro atoms. The van der Waals surface area contributed by atoms with Gasteiger partial charge in [-0.25, -0.2) is 4.79 Å². The molecule has 18 heavy (non-hydrogen) atoms. The van der Waals surface area contributed by atoms with Gasteiger partial charge in [0.2, 0.25) is 0 Å². The van der Waals surface area contributed by atoms with Crippen LogP contribution in [0.25, 0.3) is 11.1 Å². The van der Waals surface area contributed by atoms with Crippen LogP contribution in [0.15, 0.2) is 42.5 Å². The van der Waals surface area contributed by atoms with Gasteiger partial charge in [-0.15, -0.1) is 0 Å². The Morgan fingerprint density at radius 2 is 1.83 bits per heavy atom. The molecule has 2 rings (SSSR count). The molecule has 0 aliphatic heterocycles. The fourth-order valence-electron chi connectivity index (χ4n) is 1.68. The maximum Gasteiger partial charge on any atom is 0.337 e. The average Bonchev–Trinajstić information content (AvgIpc) is 2.41. The van der Waals surface area contributed by atoms with Crippen molar-refractivity contribution < 1.29 is 9.53 Å². The lowest BCUT2D eigenvalue weighted by Crippen LogP contribution is -2.00. The molecule has 0 radical (unpaired) electrons.